The molecule has 0 atom stereocenters. The lowest BCUT2D eigenvalue weighted by Gasteiger charge is -2.28. The van der Waals surface area contributed by atoms with Crippen LogP contribution in [0.5, 0.6) is 0 Å². The van der Waals surface area contributed by atoms with Crippen molar-refractivity contribution in [2.24, 2.45) is 0 Å². The Morgan fingerprint density at radius 1 is 1.25 bits per heavy atom. The lowest BCUT2D eigenvalue weighted by atomic mass is 10.1. The molecule has 1 fully saturated rings. The second kappa shape index (κ2) is 6.51. The molecule has 1 rings (SSSR count). The fourth-order valence-corrected chi connectivity index (χ4v) is 1.32. The van der Waals surface area contributed by atoms with Crippen LogP contribution in [0, 0.1) is 0 Å². The summed E-state index contributed by atoms with van der Waals surface area (Å²) < 4.78 is 5.11. The number of amides is 2. The van der Waals surface area contributed by atoms with Crippen LogP contribution in [-0.2, 0) is 9.53 Å². The van der Waals surface area contributed by atoms with E-state index in [9.17, 15) is 9.59 Å². The first kappa shape index (κ1) is 14.9. The summed E-state index contributed by atoms with van der Waals surface area (Å²) in [6.45, 7) is 9.87. The molecule has 0 aromatic rings. The average Bonchev–Trinajstić information content (AvgIpc) is 2.18. The predicted molar refractivity (Wildman–Crippen MR) is 63.1 cm³/mol. The van der Waals surface area contributed by atoms with Gasteiger partial charge in [0.1, 0.15) is 5.60 Å². The van der Waals surface area contributed by atoms with Gasteiger partial charge in [-0.25, -0.2) is 9.69 Å². The molecular formula is C12H23NO3. The summed E-state index contributed by atoms with van der Waals surface area (Å²) in [4.78, 5) is 24.1. The van der Waals surface area contributed by atoms with Gasteiger partial charge in [-0.05, 0) is 33.6 Å². The van der Waals surface area contributed by atoms with Gasteiger partial charge in [-0.2, -0.15) is 0 Å². The van der Waals surface area contributed by atoms with Crippen molar-refractivity contribution in [2.45, 2.75) is 59.5 Å². The van der Waals surface area contributed by atoms with Gasteiger partial charge in [0.25, 0.3) is 0 Å². The highest BCUT2D eigenvalue weighted by atomic mass is 16.6. The Balaban J connectivity index is 0.00000106. The number of rotatable bonds is 0. The summed E-state index contributed by atoms with van der Waals surface area (Å²) >= 11 is 0. The van der Waals surface area contributed by atoms with Crippen LogP contribution in [0.4, 0.5) is 4.79 Å². The van der Waals surface area contributed by atoms with Crippen LogP contribution in [0.2, 0.25) is 0 Å². The van der Waals surface area contributed by atoms with Crippen LogP contribution in [0.15, 0.2) is 0 Å². The molecule has 0 aromatic carbocycles. The number of likely N-dealkylation sites (tertiary alicyclic amines) is 1. The van der Waals surface area contributed by atoms with E-state index in [4.69, 9.17) is 4.74 Å². The number of hydrogen-bond donors (Lipinski definition) is 0. The Hall–Kier alpha value is -1.06. The quantitative estimate of drug-likeness (QED) is 0.641. The maximum absolute atomic E-state index is 11.5. The van der Waals surface area contributed by atoms with E-state index >= 15 is 0 Å². The molecule has 1 heterocycles. The molecule has 0 spiro atoms. The van der Waals surface area contributed by atoms with Crippen LogP contribution < -0.4 is 0 Å². The van der Waals surface area contributed by atoms with Gasteiger partial charge in [0.2, 0.25) is 5.91 Å². The third-order valence-corrected chi connectivity index (χ3v) is 1.94. The van der Waals surface area contributed by atoms with Crippen molar-refractivity contribution in [2.75, 3.05) is 6.54 Å². The topological polar surface area (TPSA) is 46.6 Å². The molecule has 0 saturated carbocycles. The molecule has 0 unspecified atom stereocenters. The molecule has 1 aliphatic heterocycles. The Morgan fingerprint density at radius 2 is 1.81 bits per heavy atom. The highest BCUT2D eigenvalue weighted by Gasteiger charge is 2.28. The van der Waals surface area contributed by atoms with Gasteiger partial charge >= 0.3 is 6.09 Å². The smallest absolute Gasteiger partial charge is 0.417 e. The molecule has 1 saturated heterocycles. The Labute approximate surface area is 98.0 Å². The second-order valence-electron chi connectivity index (χ2n) is 4.48. The third kappa shape index (κ3) is 5.14. The van der Waals surface area contributed by atoms with Gasteiger partial charge in [0, 0.05) is 13.0 Å². The van der Waals surface area contributed by atoms with Gasteiger partial charge in [0.05, 0.1) is 0 Å². The van der Waals surface area contributed by atoms with Crippen LogP contribution in [0.3, 0.4) is 0 Å². The van der Waals surface area contributed by atoms with E-state index in [1.807, 2.05) is 13.8 Å². The van der Waals surface area contributed by atoms with E-state index < -0.39 is 11.7 Å². The summed E-state index contributed by atoms with van der Waals surface area (Å²) in [7, 11) is 0. The van der Waals surface area contributed by atoms with Gasteiger partial charge in [0.15, 0.2) is 0 Å². The fraction of sp³-hybridized carbons (Fsp3) is 0.833. The van der Waals surface area contributed by atoms with Gasteiger partial charge in [-0.15, -0.1) is 0 Å². The van der Waals surface area contributed by atoms with Crippen molar-refractivity contribution < 1.29 is 14.3 Å². The van der Waals surface area contributed by atoms with E-state index in [0.717, 1.165) is 12.8 Å². The number of piperidine rings is 1. The predicted octanol–water partition coefficient (Wildman–Crippen LogP) is 2.96. The molecule has 2 amide bonds. The van der Waals surface area contributed by atoms with Crippen LogP contribution in [-0.4, -0.2) is 29.0 Å². The van der Waals surface area contributed by atoms with Crippen molar-refractivity contribution in [1.82, 2.24) is 4.90 Å². The van der Waals surface area contributed by atoms with Crippen LogP contribution >= 0.6 is 0 Å². The minimum atomic E-state index is -0.533. The number of imide groups is 1. The molecule has 0 aliphatic carbocycles. The molecule has 4 heteroatoms. The zero-order valence-corrected chi connectivity index (χ0v) is 11.0. The standard InChI is InChI=1S/C10H17NO3.C2H6/c1-10(2,3)14-9(13)11-7-5-4-6-8(11)12;1-2/h4-7H2,1-3H3;1-2H3. The summed E-state index contributed by atoms with van der Waals surface area (Å²) in [5.74, 6) is -0.120. The zero-order valence-electron chi connectivity index (χ0n) is 11.0. The molecule has 4 nitrogen and oxygen atoms in total. The van der Waals surface area contributed by atoms with E-state index in [-0.39, 0.29) is 5.91 Å². The maximum atomic E-state index is 11.5. The second-order valence-corrected chi connectivity index (χ2v) is 4.48. The van der Waals surface area contributed by atoms with Crippen LogP contribution in [0.25, 0.3) is 0 Å². The zero-order chi connectivity index (χ0) is 12.8. The normalized spacial score (nSPS) is 16.3. The molecular weight excluding hydrogens is 206 g/mol. The molecule has 16 heavy (non-hydrogen) atoms. The van der Waals surface area contributed by atoms with Gasteiger partial charge < -0.3 is 4.74 Å². The minimum Gasteiger partial charge on any atom is -0.443 e. The van der Waals surface area contributed by atoms with E-state index in [1.54, 1.807) is 20.8 Å². The molecule has 0 bridgehead atoms. The maximum Gasteiger partial charge on any atom is 0.417 e. The Kier molecular flexibility index (Phi) is 6.08. The number of nitrogens with zero attached hydrogens (tertiary/aromatic N) is 1. The van der Waals surface area contributed by atoms with Crippen molar-refractivity contribution >= 4 is 12.0 Å². The lowest BCUT2D eigenvalue weighted by Crippen LogP contribution is -2.43. The van der Waals surface area contributed by atoms with Crippen molar-refractivity contribution in [3.8, 4) is 0 Å². The first-order valence-corrected chi connectivity index (χ1v) is 5.93. The molecule has 1 aliphatic rings. The third-order valence-electron chi connectivity index (χ3n) is 1.94. The Morgan fingerprint density at radius 3 is 2.25 bits per heavy atom. The van der Waals surface area contributed by atoms with E-state index in [1.165, 1.54) is 4.90 Å². The number of hydrogen-bond acceptors (Lipinski definition) is 3. The molecule has 0 aromatic heterocycles. The molecule has 0 radical (unpaired) electrons. The van der Waals surface area contributed by atoms with Crippen molar-refractivity contribution in [1.29, 1.82) is 0 Å². The number of carbonyl (C=O) groups is 2. The average molecular weight is 229 g/mol. The summed E-state index contributed by atoms with van der Waals surface area (Å²) in [6, 6.07) is 0. The van der Waals surface area contributed by atoms with Crippen LogP contribution in [0.1, 0.15) is 53.9 Å². The molecule has 0 N–H and O–H groups in total. The van der Waals surface area contributed by atoms with Crippen molar-refractivity contribution in [3.63, 3.8) is 0 Å². The highest BCUT2D eigenvalue weighted by molar-refractivity contribution is 5.92. The van der Waals surface area contributed by atoms with Crippen molar-refractivity contribution in [3.05, 3.63) is 0 Å². The van der Waals surface area contributed by atoms with E-state index in [2.05, 4.69) is 0 Å². The van der Waals surface area contributed by atoms with Gasteiger partial charge in [-0.3, -0.25) is 4.79 Å². The lowest BCUT2D eigenvalue weighted by molar-refractivity contribution is -0.132. The number of ether oxygens (including phenoxy) is 1. The largest absolute Gasteiger partial charge is 0.443 e. The highest BCUT2D eigenvalue weighted by Crippen LogP contribution is 2.15. The monoisotopic (exact) mass is 229 g/mol. The summed E-state index contributed by atoms with van der Waals surface area (Å²) in [5.41, 5.74) is -0.533. The Bertz CT molecular complexity index is 243. The minimum absolute atomic E-state index is 0.120. The molecule has 94 valence electrons. The van der Waals surface area contributed by atoms with Gasteiger partial charge in [-0.1, -0.05) is 13.8 Å². The fourth-order valence-electron chi connectivity index (χ4n) is 1.32. The summed E-state index contributed by atoms with van der Waals surface area (Å²) in [6.07, 6.45) is 1.70. The SMILES string of the molecule is CC.CC(C)(C)OC(=O)N1CCCCC1=O. The summed E-state index contributed by atoms with van der Waals surface area (Å²) in [5, 5.41) is 0. The number of carbonyl (C=O) groups excluding carboxylic acids is 2. The first-order chi connectivity index (χ1) is 7.40. The first-order valence-electron chi connectivity index (χ1n) is 5.93. The van der Waals surface area contributed by atoms with E-state index in [0.29, 0.717) is 13.0 Å².